The smallest absolute Gasteiger partial charge is 0.256 e. The van der Waals surface area contributed by atoms with Crippen LogP contribution in [0.3, 0.4) is 0 Å². The molecule has 2 amide bonds. The van der Waals surface area contributed by atoms with Gasteiger partial charge in [-0.1, -0.05) is 39.5 Å². The molecular formula is C27H34FN3O3S. The molecule has 1 atom stereocenters. The van der Waals surface area contributed by atoms with Gasteiger partial charge >= 0.3 is 0 Å². The first-order chi connectivity index (χ1) is 16.9. The highest BCUT2D eigenvalue weighted by Crippen LogP contribution is 2.28. The Morgan fingerprint density at radius 1 is 1.00 bits per heavy atom. The monoisotopic (exact) mass is 499 g/mol. The van der Waals surface area contributed by atoms with E-state index in [-0.39, 0.29) is 24.1 Å². The lowest BCUT2D eigenvalue weighted by Gasteiger charge is -2.24. The molecule has 2 aromatic rings. The molecule has 8 heteroatoms. The van der Waals surface area contributed by atoms with Crippen LogP contribution in [-0.2, 0) is 9.59 Å². The first-order valence-corrected chi connectivity index (χ1v) is 12.8. The molecule has 1 N–H and O–H groups in total. The lowest BCUT2D eigenvalue weighted by Crippen LogP contribution is -2.38. The molecular weight excluding hydrogens is 465 g/mol. The fourth-order valence-electron chi connectivity index (χ4n) is 4.04. The van der Waals surface area contributed by atoms with Crippen LogP contribution in [0.4, 0.5) is 15.8 Å². The summed E-state index contributed by atoms with van der Waals surface area (Å²) >= 11 is 5.66. The molecule has 1 saturated heterocycles. The predicted octanol–water partition coefficient (Wildman–Crippen LogP) is 5.92. The van der Waals surface area contributed by atoms with Crippen LogP contribution in [0, 0.1) is 5.82 Å². The molecule has 0 spiro atoms. The van der Waals surface area contributed by atoms with Gasteiger partial charge in [-0.15, -0.1) is 0 Å². The van der Waals surface area contributed by atoms with Crippen molar-refractivity contribution in [3.05, 3.63) is 54.3 Å². The highest BCUT2D eigenvalue weighted by Gasteiger charge is 2.43. The number of anilines is 2. The van der Waals surface area contributed by atoms with E-state index >= 15 is 0 Å². The van der Waals surface area contributed by atoms with Gasteiger partial charge in [-0.2, -0.15) is 0 Å². The Labute approximate surface area is 212 Å². The molecule has 0 unspecified atom stereocenters. The summed E-state index contributed by atoms with van der Waals surface area (Å²) in [5.74, 6) is -0.189. The van der Waals surface area contributed by atoms with Crippen molar-refractivity contribution in [1.82, 2.24) is 4.90 Å². The summed E-state index contributed by atoms with van der Waals surface area (Å²) in [7, 11) is 0. The molecule has 0 aromatic heterocycles. The van der Waals surface area contributed by atoms with Crippen molar-refractivity contribution in [2.24, 2.45) is 0 Å². The average Bonchev–Trinajstić information content (AvgIpc) is 3.08. The van der Waals surface area contributed by atoms with Crippen LogP contribution < -0.4 is 15.0 Å². The van der Waals surface area contributed by atoms with E-state index in [1.165, 1.54) is 35.6 Å². The van der Waals surface area contributed by atoms with Gasteiger partial charge in [0.1, 0.15) is 17.6 Å². The number of carbonyl (C=O) groups is 2. The molecule has 0 radical (unpaired) electrons. The Morgan fingerprint density at radius 2 is 1.69 bits per heavy atom. The first-order valence-electron chi connectivity index (χ1n) is 12.4. The van der Waals surface area contributed by atoms with Crippen LogP contribution >= 0.6 is 12.2 Å². The number of nitrogens with one attached hydrogen (secondary N) is 1. The van der Waals surface area contributed by atoms with Gasteiger partial charge in [0, 0.05) is 12.2 Å². The minimum Gasteiger partial charge on any atom is -0.494 e. The van der Waals surface area contributed by atoms with Gasteiger partial charge in [0.05, 0.1) is 18.7 Å². The molecule has 0 bridgehead atoms. The number of rotatable bonds is 13. The topological polar surface area (TPSA) is 61.9 Å². The van der Waals surface area contributed by atoms with Crippen molar-refractivity contribution >= 4 is 40.5 Å². The lowest BCUT2D eigenvalue weighted by atomic mass is 10.1. The van der Waals surface area contributed by atoms with Crippen LogP contribution in [0.15, 0.2) is 48.5 Å². The van der Waals surface area contributed by atoms with E-state index in [0.29, 0.717) is 29.6 Å². The minimum atomic E-state index is -0.703. The van der Waals surface area contributed by atoms with Crippen molar-refractivity contribution in [2.75, 3.05) is 23.4 Å². The van der Waals surface area contributed by atoms with Gasteiger partial charge in [-0.05, 0) is 73.6 Å². The molecule has 2 aromatic carbocycles. The number of benzene rings is 2. The second-order valence-electron chi connectivity index (χ2n) is 8.68. The Kier molecular flexibility index (Phi) is 10.0. The number of halogens is 1. The van der Waals surface area contributed by atoms with Crippen molar-refractivity contribution in [2.45, 2.75) is 64.8 Å². The predicted molar refractivity (Wildman–Crippen MR) is 141 cm³/mol. The third-order valence-corrected chi connectivity index (χ3v) is 6.31. The van der Waals surface area contributed by atoms with E-state index in [1.807, 2.05) is 11.8 Å². The summed E-state index contributed by atoms with van der Waals surface area (Å²) < 4.78 is 19.0. The van der Waals surface area contributed by atoms with Crippen molar-refractivity contribution < 1.29 is 18.7 Å². The van der Waals surface area contributed by atoms with E-state index < -0.39 is 6.04 Å². The van der Waals surface area contributed by atoms with Crippen molar-refractivity contribution in [3.8, 4) is 5.75 Å². The summed E-state index contributed by atoms with van der Waals surface area (Å²) in [6, 6.07) is 12.1. The Morgan fingerprint density at radius 3 is 2.34 bits per heavy atom. The van der Waals surface area contributed by atoms with Gasteiger partial charge in [-0.25, -0.2) is 4.39 Å². The number of thiocarbonyl (C=S) groups is 1. The molecule has 1 aliphatic heterocycles. The Bertz CT molecular complexity index is 998. The molecule has 0 saturated carbocycles. The molecule has 6 nitrogen and oxygen atoms in total. The molecule has 3 rings (SSSR count). The number of amides is 2. The lowest BCUT2D eigenvalue weighted by molar-refractivity contribution is -0.124. The maximum atomic E-state index is 13.4. The van der Waals surface area contributed by atoms with Gasteiger partial charge in [0.2, 0.25) is 5.91 Å². The van der Waals surface area contributed by atoms with Gasteiger partial charge < -0.3 is 15.0 Å². The Hall–Kier alpha value is -3.00. The van der Waals surface area contributed by atoms with E-state index in [2.05, 4.69) is 12.2 Å². The number of ether oxygens (including phenoxy) is 1. The molecule has 35 heavy (non-hydrogen) atoms. The third kappa shape index (κ3) is 7.24. The maximum Gasteiger partial charge on any atom is 0.256 e. The number of carbonyl (C=O) groups excluding carboxylic acids is 2. The summed E-state index contributed by atoms with van der Waals surface area (Å²) in [5.41, 5.74) is 1.14. The molecule has 1 heterocycles. The second kappa shape index (κ2) is 13.2. The van der Waals surface area contributed by atoms with Gasteiger partial charge in [0.15, 0.2) is 5.11 Å². The van der Waals surface area contributed by atoms with Crippen LogP contribution in [0.1, 0.15) is 58.8 Å². The molecule has 188 valence electrons. The number of unbranched alkanes of at least 4 members (excludes halogenated alkanes) is 4. The zero-order chi connectivity index (χ0) is 25.2. The first kappa shape index (κ1) is 26.6. The highest BCUT2D eigenvalue weighted by atomic mass is 32.1. The fourth-order valence-corrected chi connectivity index (χ4v) is 4.46. The summed E-state index contributed by atoms with van der Waals surface area (Å²) in [4.78, 5) is 29.5. The van der Waals surface area contributed by atoms with Crippen LogP contribution in [-0.4, -0.2) is 41.0 Å². The van der Waals surface area contributed by atoms with Crippen molar-refractivity contribution in [1.29, 1.82) is 0 Å². The molecule has 1 fully saturated rings. The van der Waals surface area contributed by atoms with Gasteiger partial charge in [-0.3, -0.25) is 14.5 Å². The normalized spacial score (nSPS) is 15.6. The van der Waals surface area contributed by atoms with Crippen LogP contribution in [0.5, 0.6) is 5.75 Å². The van der Waals surface area contributed by atoms with Crippen LogP contribution in [0.25, 0.3) is 0 Å². The SMILES string of the molecule is CCCCCCCN1C(=S)N(c2ccc(F)cc2)C(=O)[C@@H]1CC(=O)Nc1ccc(OCCC)cc1. The highest BCUT2D eigenvalue weighted by molar-refractivity contribution is 7.80. The summed E-state index contributed by atoms with van der Waals surface area (Å²) in [5, 5.41) is 3.22. The van der Waals surface area contributed by atoms with Crippen molar-refractivity contribution in [3.63, 3.8) is 0 Å². The molecule has 1 aliphatic rings. The van der Waals surface area contributed by atoms with Crippen LogP contribution in [0.2, 0.25) is 0 Å². The van der Waals surface area contributed by atoms with E-state index in [4.69, 9.17) is 17.0 Å². The average molecular weight is 500 g/mol. The number of hydrogen-bond donors (Lipinski definition) is 1. The Balaban J connectivity index is 1.70. The van der Waals surface area contributed by atoms with E-state index in [0.717, 1.165) is 37.9 Å². The standard InChI is InChI=1S/C27H34FN3O3S/c1-3-5-6-7-8-17-30-24(26(33)31(27(30)35)22-13-9-20(28)10-14-22)19-25(32)29-21-11-15-23(16-12-21)34-18-4-2/h9-16,24H,3-8,17-19H2,1-2H3,(H,29,32)/t24-/m0/s1. The molecule has 0 aliphatic carbocycles. The number of nitrogens with zero attached hydrogens (tertiary/aromatic N) is 2. The summed E-state index contributed by atoms with van der Waals surface area (Å²) in [6.07, 6.45) is 6.23. The zero-order valence-electron chi connectivity index (χ0n) is 20.5. The third-order valence-electron chi connectivity index (χ3n) is 5.90. The van der Waals surface area contributed by atoms with E-state index in [1.54, 1.807) is 24.3 Å². The quantitative estimate of drug-likeness (QED) is 0.274. The minimum absolute atomic E-state index is 0.0281. The summed E-state index contributed by atoms with van der Waals surface area (Å²) in [6.45, 7) is 5.42. The van der Waals surface area contributed by atoms with Gasteiger partial charge in [0.25, 0.3) is 5.91 Å². The maximum absolute atomic E-state index is 13.4. The fraction of sp³-hybridized carbons (Fsp3) is 0.444. The second-order valence-corrected chi connectivity index (χ2v) is 9.05. The largest absolute Gasteiger partial charge is 0.494 e. The van der Waals surface area contributed by atoms with E-state index in [9.17, 15) is 14.0 Å². The number of hydrogen-bond acceptors (Lipinski definition) is 4. The zero-order valence-corrected chi connectivity index (χ0v) is 21.3.